The maximum atomic E-state index is 13.2. The topological polar surface area (TPSA) is 86.7 Å². The van der Waals surface area contributed by atoms with Gasteiger partial charge < -0.3 is 10.4 Å². The van der Waals surface area contributed by atoms with Crippen molar-refractivity contribution in [2.24, 2.45) is 0 Å². The monoisotopic (exact) mass is 284 g/mol. The lowest BCUT2D eigenvalue weighted by molar-refractivity contribution is -0.142. The average Bonchev–Trinajstić information content (AvgIpc) is 2.52. The van der Waals surface area contributed by atoms with Crippen LogP contribution in [0.3, 0.4) is 0 Å². The van der Waals surface area contributed by atoms with Crippen molar-refractivity contribution in [2.75, 3.05) is 6.54 Å². The van der Waals surface area contributed by atoms with Gasteiger partial charge in [-0.25, -0.2) is 13.6 Å². The van der Waals surface area contributed by atoms with Crippen molar-refractivity contribution in [1.82, 2.24) is 10.2 Å². The van der Waals surface area contributed by atoms with E-state index in [9.17, 15) is 23.2 Å². The van der Waals surface area contributed by atoms with Crippen molar-refractivity contribution in [3.8, 4) is 0 Å². The Bertz CT molecular complexity index is 599. The van der Waals surface area contributed by atoms with Gasteiger partial charge in [-0.15, -0.1) is 0 Å². The molecule has 0 spiro atoms. The van der Waals surface area contributed by atoms with Crippen LogP contribution in [0.4, 0.5) is 13.6 Å². The molecule has 1 unspecified atom stereocenters. The summed E-state index contributed by atoms with van der Waals surface area (Å²) >= 11 is 0. The molecule has 1 aliphatic heterocycles. The lowest BCUT2D eigenvalue weighted by Gasteiger charge is -2.22. The van der Waals surface area contributed by atoms with Crippen LogP contribution in [0.1, 0.15) is 12.5 Å². The Morgan fingerprint density at radius 3 is 2.35 bits per heavy atom. The third-order valence-electron chi connectivity index (χ3n) is 3.01. The third-order valence-corrected chi connectivity index (χ3v) is 3.01. The van der Waals surface area contributed by atoms with E-state index >= 15 is 0 Å². The first-order valence-electron chi connectivity index (χ1n) is 5.56. The molecule has 106 valence electrons. The van der Waals surface area contributed by atoms with Crippen LogP contribution in [0.15, 0.2) is 18.2 Å². The normalized spacial score (nSPS) is 22.1. The summed E-state index contributed by atoms with van der Waals surface area (Å²) in [6, 6.07) is 1.52. The Morgan fingerprint density at radius 2 is 1.85 bits per heavy atom. The number of nitrogens with one attached hydrogen (secondary N) is 1. The summed E-state index contributed by atoms with van der Waals surface area (Å²) in [6.07, 6.45) is 0. The number of aliphatic carboxylic acids is 1. The number of hydrogen-bond donors (Lipinski definition) is 2. The van der Waals surface area contributed by atoms with Crippen LogP contribution in [-0.2, 0) is 15.1 Å². The molecule has 2 N–H and O–H groups in total. The second-order valence-corrected chi connectivity index (χ2v) is 4.50. The van der Waals surface area contributed by atoms with E-state index in [-0.39, 0.29) is 5.56 Å². The van der Waals surface area contributed by atoms with Crippen LogP contribution >= 0.6 is 0 Å². The van der Waals surface area contributed by atoms with Gasteiger partial charge in [0.05, 0.1) is 0 Å². The minimum Gasteiger partial charge on any atom is -0.480 e. The molecule has 1 aromatic rings. The summed E-state index contributed by atoms with van der Waals surface area (Å²) in [5.74, 6) is -4.06. The number of carboxylic acids is 1. The van der Waals surface area contributed by atoms with Gasteiger partial charge >= 0.3 is 12.0 Å². The highest BCUT2D eigenvalue weighted by Gasteiger charge is 2.49. The van der Waals surface area contributed by atoms with Gasteiger partial charge in [-0.2, -0.15) is 0 Å². The predicted molar refractivity (Wildman–Crippen MR) is 61.6 cm³/mol. The van der Waals surface area contributed by atoms with Crippen molar-refractivity contribution < 1.29 is 28.3 Å². The number of hydrogen-bond acceptors (Lipinski definition) is 3. The van der Waals surface area contributed by atoms with Gasteiger partial charge in [0.1, 0.15) is 23.7 Å². The van der Waals surface area contributed by atoms with Gasteiger partial charge in [0.15, 0.2) is 0 Å². The molecule has 1 saturated heterocycles. The molecular weight excluding hydrogens is 274 g/mol. The van der Waals surface area contributed by atoms with Gasteiger partial charge in [-0.3, -0.25) is 14.5 Å². The van der Waals surface area contributed by atoms with E-state index in [0.717, 1.165) is 12.1 Å². The van der Waals surface area contributed by atoms with Crippen LogP contribution in [0, 0.1) is 11.6 Å². The van der Waals surface area contributed by atoms with Crippen LogP contribution in [0.5, 0.6) is 0 Å². The summed E-state index contributed by atoms with van der Waals surface area (Å²) in [6.45, 7) is 0.432. The molecule has 1 heterocycles. The number of rotatable bonds is 3. The number of nitrogens with zero attached hydrogens (tertiary/aromatic N) is 1. The largest absolute Gasteiger partial charge is 0.480 e. The van der Waals surface area contributed by atoms with Crippen molar-refractivity contribution >= 4 is 17.9 Å². The Morgan fingerprint density at radius 1 is 1.30 bits per heavy atom. The zero-order chi connectivity index (χ0) is 15.1. The number of benzene rings is 1. The number of imide groups is 1. The molecule has 1 atom stereocenters. The first-order valence-corrected chi connectivity index (χ1v) is 5.56. The van der Waals surface area contributed by atoms with Gasteiger partial charge in [-0.05, 0) is 24.6 Å². The molecule has 0 saturated carbocycles. The molecule has 0 bridgehead atoms. The molecule has 6 nitrogen and oxygen atoms in total. The van der Waals surface area contributed by atoms with Gasteiger partial charge in [0.2, 0.25) is 0 Å². The second kappa shape index (κ2) is 4.55. The highest BCUT2D eigenvalue weighted by atomic mass is 19.1. The lowest BCUT2D eigenvalue weighted by Crippen LogP contribution is -2.41. The lowest BCUT2D eigenvalue weighted by atomic mass is 9.92. The smallest absolute Gasteiger partial charge is 0.325 e. The first-order chi connectivity index (χ1) is 9.24. The fourth-order valence-corrected chi connectivity index (χ4v) is 2.01. The molecule has 0 aliphatic carbocycles. The fraction of sp³-hybridized carbons (Fsp3) is 0.250. The summed E-state index contributed by atoms with van der Waals surface area (Å²) in [5.41, 5.74) is -1.80. The first kappa shape index (κ1) is 13.9. The van der Waals surface area contributed by atoms with E-state index in [4.69, 9.17) is 5.11 Å². The van der Waals surface area contributed by atoms with Crippen molar-refractivity contribution in [3.63, 3.8) is 0 Å². The van der Waals surface area contributed by atoms with E-state index in [2.05, 4.69) is 5.32 Å². The highest BCUT2D eigenvalue weighted by molar-refractivity contribution is 6.08. The number of amides is 3. The maximum Gasteiger partial charge on any atom is 0.325 e. The Kier molecular flexibility index (Phi) is 3.16. The molecule has 1 aromatic carbocycles. The standard InChI is InChI=1S/C12H10F2N2O4/c1-12(6-2-7(13)4-8(14)3-6)10(19)16(5-9(17)18)11(20)15-12/h2-4H,5H2,1H3,(H,15,20)(H,17,18). The van der Waals surface area contributed by atoms with Crippen LogP contribution in [0.25, 0.3) is 0 Å². The number of carboxylic acid groups (broad SMARTS) is 1. The van der Waals surface area contributed by atoms with E-state index in [1.54, 1.807) is 0 Å². The predicted octanol–water partition coefficient (Wildman–Crippen LogP) is 0.816. The summed E-state index contributed by atoms with van der Waals surface area (Å²) in [4.78, 5) is 34.8. The fourth-order valence-electron chi connectivity index (χ4n) is 2.01. The number of urea groups is 1. The highest BCUT2D eigenvalue weighted by Crippen LogP contribution is 2.29. The molecule has 0 radical (unpaired) electrons. The van der Waals surface area contributed by atoms with Crippen molar-refractivity contribution in [1.29, 1.82) is 0 Å². The number of carbonyl (C=O) groups is 3. The third kappa shape index (κ3) is 2.20. The molecule has 0 aromatic heterocycles. The minimum atomic E-state index is -1.70. The molecule has 1 fully saturated rings. The molecule has 2 rings (SSSR count). The summed E-state index contributed by atoms with van der Waals surface area (Å²) < 4.78 is 26.4. The molecule has 8 heteroatoms. The van der Waals surface area contributed by atoms with Crippen LogP contribution in [0.2, 0.25) is 0 Å². The molecule has 20 heavy (non-hydrogen) atoms. The van der Waals surface area contributed by atoms with E-state index in [0.29, 0.717) is 11.0 Å². The van der Waals surface area contributed by atoms with E-state index in [1.165, 1.54) is 6.92 Å². The van der Waals surface area contributed by atoms with Crippen molar-refractivity contribution in [2.45, 2.75) is 12.5 Å². The summed E-state index contributed by atoms with van der Waals surface area (Å²) in [5, 5.41) is 10.9. The molecule has 1 aliphatic rings. The Balaban J connectivity index is 2.43. The molecule has 3 amide bonds. The number of carbonyl (C=O) groups excluding carboxylic acids is 2. The van der Waals surface area contributed by atoms with E-state index in [1.807, 2.05) is 0 Å². The maximum absolute atomic E-state index is 13.2. The quantitative estimate of drug-likeness (QED) is 0.804. The zero-order valence-electron chi connectivity index (χ0n) is 10.3. The van der Waals surface area contributed by atoms with Gasteiger partial charge in [0, 0.05) is 6.07 Å². The van der Waals surface area contributed by atoms with Crippen molar-refractivity contribution in [3.05, 3.63) is 35.4 Å². The second-order valence-electron chi connectivity index (χ2n) is 4.50. The Labute approximate surface area is 112 Å². The molecular formula is C12H10F2N2O4. The van der Waals surface area contributed by atoms with Crippen LogP contribution in [-0.4, -0.2) is 34.5 Å². The van der Waals surface area contributed by atoms with Gasteiger partial charge in [-0.1, -0.05) is 0 Å². The zero-order valence-corrected chi connectivity index (χ0v) is 10.3. The van der Waals surface area contributed by atoms with Crippen LogP contribution < -0.4 is 5.32 Å². The SMILES string of the molecule is CC1(c2cc(F)cc(F)c2)NC(=O)N(CC(=O)O)C1=O. The minimum absolute atomic E-state index is 0.0961. The van der Waals surface area contributed by atoms with Gasteiger partial charge in [0.25, 0.3) is 5.91 Å². The van der Waals surface area contributed by atoms with E-state index < -0.39 is 41.6 Å². The summed E-state index contributed by atoms with van der Waals surface area (Å²) in [7, 11) is 0. The number of halogens is 2. The average molecular weight is 284 g/mol. The Hall–Kier alpha value is -2.51.